The second kappa shape index (κ2) is 8.96. The molecule has 0 aliphatic heterocycles. The average molecular weight is 390 g/mol. The van der Waals surface area contributed by atoms with Crippen molar-refractivity contribution in [2.24, 2.45) is 5.92 Å². The van der Waals surface area contributed by atoms with Crippen molar-refractivity contribution in [2.45, 2.75) is 25.7 Å². The molecule has 1 heterocycles. The Bertz CT molecular complexity index is 819. The predicted molar refractivity (Wildman–Crippen MR) is 104 cm³/mol. The summed E-state index contributed by atoms with van der Waals surface area (Å²) in [7, 11) is 0. The summed E-state index contributed by atoms with van der Waals surface area (Å²) < 4.78 is 0. The summed E-state index contributed by atoms with van der Waals surface area (Å²) in [6, 6.07) is 7.60. The molecular formula is C19H20ClN3O2S. The van der Waals surface area contributed by atoms with Gasteiger partial charge in [0, 0.05) is 29.1 Å². The molecule has 0 radical (unpaired) electrons. The zero-order valence-corrected chi connectivity index (χ0v) is 15.8. The molecule has 3 rings (SSSR count). The fourth-order valence-corrected chi connectivity index (χ4v) is 3.82. The Balaban J connectivity index is 1.50. The van der Waals surface area contributed by atoms with Gasteiger partial charge in [0.2, 0.25) is 0 Å². The summed E-state index contributed by atoms with van der Waals surface area (Å²) in [4.78, 5) is 29.1. The van der Waals surface area contributed by atoms with Crippen LogP contribution in [0.1, 0.15) is 29.7 Å². The number of anilines is 1. The number of nitrogens with zero attached hydrogens (tertiary/aromatic N) is 1. The topological polar surface area (TPSA) is 71.1 Å². The fourth-order valence-electron chi connectivity index (χ4n) is 2.79. The van der Waals surface area contributed by atoms with Gasteiger partial charge in [-0.05, 0) is 36.8 Å². The first-order chi connectivity index (χ1) is 12.6. The first-order valence-corrected chi connectivity index (χ1v) is 9.73. The Labute approximate surface area is 161 Å². The van der Waals surface area contributed by atoms with Gasteiger partial charge >= 0.3 is 11.8 Å². The smallest absolute Gasteiger partial charge is 0.315 e. The molecule has 1 aromatic carbocycles. The van der Waals surface area contributed by atoms with E-state index >= 15 is 0 Å². The quantitative estimate of drug-likeness (QED) is 0.603. The van der Waals surface area contributed by atoms with Gasteiger partial charge in [-0.25, -0.2) is 4.98 Å². The van der Waals surface area contributed by atoms with Crippen LogP contribution in [0.4, 0.5) is 5.13 Å². The number of benzene rings is 1. The molecule has 2 aromatic rings. The van der Waals surface area contributed by atoms with E-state index in [1.165, 1.54) is 11.3 Å². The van der Waals surface area contributed by atoms with Crippen molar-refractivity contribution in [2.75, 3.05) is 11.9 Å². The number of hydrogen-bond donors (Lipinski definition) is 2. The van der Waals surface area contributed by atoms with E-state index in [9.17, 15) is 9.59 Å². The van der Waals surface area contributed by atoms with Crippen molar-refractivity contribution in [1.82, 2.24) is 10.3 Å². The van der Waals surface area contributed by atoms with E-state index in [0.717, 1.165) is 29.7 Å². The van der Waals surface area contributed by atoms with Gasteiger partial charge in [0.05, 0.1) is 0 Å². The van der Waals surface area contributed by atoms with Crippen LogP contribution in [0.3, 0.4) is 0 Å². The molecule has 1 atom stereocenters. The normalized spacial score (nSPS) is 16.3. The molecule has 0 bridgehead atoms. The SMILES string of the molecule is O=C(NC[C@@H]1CC=CCC1)C(=O)Nc1ncc(Cc2ccccc2Cl)s1. The first kappa shape index (κ1) is 18.6. The van der Waals surface area contributed by atoms with E-state index in [4.69, 9.17) is 11.6 Å². The van der Waals surface area contributed by atoms with Gasteiger partial charge in [0.15, 0.2) is 5.13 Å². The minimum atomic E-state index is -0.685. The third-order valence-corrected chi connectivity index (χ3v) is 5.51. The highest BCUT2D eigenvalue weighted by molar-refractivity contribution is 7.15. The number of hydrogen-bond acceptors (Lipinski definition) is 4. The number of aromatic nitrogens is 1. The number of allylic oxidation sites excluding steroid dienone is 2. The van der Waals surface area contributed by atoms with E-state index in [2.05, 4.69) is 27.8 Å². The van der Waals surface area contributed by atoms with Gasteiger partial charge < -0.3 is 5.32 Å². The van der Waals surface area contributed by atoms with Crippen LogP contribution in [0.25, 0.3) is 0 Å². The number of thiazole rings is 1. The molecule has 26 heavy (non-hydrogen) atoms. The highest BCUT2D eigenvalue weighted by atomic mass is 35.5. The van der Waals surface area contributed by atoms with Gasteiger partial charge in [0.1, 0.15) is 0 Å². The molecule has 0 fully saturated rings. The summed E-state index contributed by atoms with van der Waals surface area (Å²) in [5.41, 5.74) is 0.995. The van der Waals surface area contributed by atoms with Crippen molar-refractivity contribution in [3.63, 3.8) is 0 Å². The summed E-state index contributed by atoms with van der Waals surface area (Å²) in [6.07, 6.45) is 9.60. The lowest BCUT2D eigenvalue weighted by molar-refractivity contribution is -0.136. The zero-order valence-electron chi connectivity index (χ0n) is 14.2. The van der Waals surface area contributed by atoms with Gasteiger partial charge in [-0.1, -0.05) is 42.0 Å². The van der Waals surface area contributed by atoms with Crippen molar-refractivity contribution in [3.8, 4) is 0 Å². The summed E-state index contributed by atoms with van der Waals surface area (Å²) >= 11 is 7.50. The van der Waals surface area contributed by atoms with Crippen LogP contribution in [0.5, 0.6) is 0 Å². The Morgan fingerprint density at radius 3 is 2.85 bits per heavy atom. The highest BCUT2D eigenvalue weighted by Crippen LogP contribution is 2.24. The second-order valence-corrected chi connectivity index (χ2v) is 7.74. The molecule has 1 aliphatic rings. The van der Waals surface area contributed by atoms with E-state index in [-0.39, 0.29) is 0 Å². The van der Waals surface area contributed by atoms with E-state index in [1.807, 2.05) is 24.3 Å². The van der Waals surface area contributed by atoms with E-state index in [1.54, 1.807) is 6.20 Å². The minimum Gasteiger partial charge on any atom is -0.348 e. The summed E-state index contributed by atoms with van der Waals surface area (Å²) in [6.45, 7) is 0.520. The Morgan fingerprint density at radius 1 is 1.23 bits per heavy atom. The molecule has 5 nitrogen and oxygen atoms in total. The van der Waals surface area contributed by atoms with Crippen molar-refractivity contribution >= 4 is 39.9 Å². The molecular weight excluding hydrogens is 370 g/mol. The van der Waals surface area contributed by atoms with Gasteiger partial charge in [0.25, 0.3) is 0 Å². The Kier molecular flexibility index (Phi) is 6.41. The molecule has 0 saturated heterocycles. The van der Waals surface area contributed by atoms with Crippen LogP contribution in [0, 0.1) is 5.92 Å². The third-order valence-electron chi connectivity index (χ3n) is 4.23. The van der Waals surface area contributed by atoms with Crippen LogP contribution in [0.2, 0.25) is 5.02 Å². The minimum absolute atomic E-state index is 0.402. The molecule has 2 N–H and O–H groups in total. The molecule has 2 amide bonds. The first-order valence-electron chi connectivity index (χ1n) is 8.54. The maximum atomic E-state index is 12.0. The maximum Gasteiger partial charge on any atom is 0.315 e. The van der Waals surface area contributed by atoms with Gasteiger partial charge in [-0.3, -0.25) is 14.9 Å². The largest absolute Gasteiger partial charge is 0.348 e. The third kappa shape index (κ3) is 5.16. The number of nitrogens with one attached hydrogen (secondary N) is 2. The lowest BCUT2D eigenvalue weighted by Gasteiger charge is -2.17. The second-order valence-electron chi connectivity index (χ2n) is 6.21. The average Bonchev–Trinajstić information content (AvgIpc) is 3.09. The van der Waals surface area contributed by atoms with Crippen molar-refractivity contribution in [3.05, 3.63) is 58.1 Å². The van der Waals surface area contributed by atoms with Crippen molar-refractivity contribution in [1.29, 1.82) is 0 Å². The van der Waals surface area contributed by atoms with Crippen LogP contribution in [-0.2, 0) is 16.0 Å². The summed E-state index contributed by atoms with van der Waals surface area (Å²) in [5, 5.41) is 6.37. The molecule has 1 aliphatic carbocycles. The van der Waals surface area contributed by atoms with Gasteiger partial charge in [-0.2, -0.15) is 0 Å². The standard InChI is InChI=1S/C19H20ClN3O2S/c20-16-9-5-4-8-14(16)10-15-12-22-19(26-15)23-18(25)17(24)21-11-13-6-2-1-3-7-13/h1-2,4-5,8-9,12-13H,3,6-7,10-11H2,(H,21,24)(H,22,23,25)/t13-/m1/s1. The molecule has 1 aromatic heterocycles. The van der Waals surface area contributed by atoms with Crippen LogP contribution >= 0.6 is 22.9 Å². The van der Waals surface area contributed by atoms with Crippen molar-refractivity contribution < 1.29 is 9.59 Å². The Morgan fingerprint density at radius 2 is 2.08 bits per heavy atom. The number of carbonyl (C=O) groups is 2. The fraction of sp³-hybridized carbons (Fsp3) is 0.316. The van der Waals surface area contributed by atoms with Crippen LogP contribution < -0.4 is 10.6 Å². The van der Waals surface area contributed by atoms with Crippen LogP contribution in [0.15, 0.2) is 42.6 Å². The Hall–Kier alpha value is -2.18. The molecule has 136 valence electrons. The molecule has 0 unspecified atom stereocenters. The zero-order chi connectivity index (χ0) is 18.4. The van der Waals surface area contributed by atoms with Crippen LogP contribution in [-0.4, -0.2) is 23.3 Å². The molecule has 0 spiro atoms. The van der Waals surface area contributed by atoms with E-state index in [0.29, 0.717) is 29.0 Å². The molecule has 0 saturated carbocycles. The monoisotopic (exact) mass is 389 g/mol. The maximum absolute atomic E-state index is 12.0. The van der Waals surface area contributed by atoms with Gasteiger partial charge in [-0.15, -0.1) is 11.3 Å². The number of amides is 2. The number of halogens is 1. The molecule has 7 heteroatoms. The summed E-state index contributed by atoms with van der Waals surface area (Å²) in [5.74, 6) is -0.906. The lowest BCUT2D eigenvalue weighted by atomic mass is 9.94. The highest BCUT2D eigenvalue weighted by Gasteiger charge is 2.18. The van der Waals surface area contributed by atoms with E-state index < -0.39 is 11.8 Å². The lowest BCUT2D eigenvalue weighted by Crippen LogP contribution is -2.38. The number of carbonyl (C=O) groups excluding carboxylic acids is 2. The predicted octanol–water partition coefficient (Wildman–Crippen LogP) is 3.80. The number of rotatable bonds is 5.